The van der Waals surface area contributed by atoms with E-state index in [1.807, 2.05) is 42.0 Å². The van der Waals surface area contributed by atoms with Gasteiger partial charge < -0.3 is 13.9 Å². The van der Waals surface area contributed by atoms with Crippen molar-refractivity contribution in [3.05, 3.63) is 77.1 Å². The van der Waals surface area contributed by atoms with Crippen LogP contribution in [0.1, 0.15) is 36.8 Å². The molecule has 2 aromatic carbocycles. The highest BCUT2D eigenvalue weighted by molar-refractivity contribution is 6.30. The molecule has 0 fully saturated rings. The molecular weight excluding hydrogens is 410 g/mol. The van der Waals surface area contributed by atoms with Gasteiger partial charge in [0.05, 0.1) is 30.2 Å². The zero-order chi connectivity index (χ0) is 21.6. The fourth-order valence-electron chi connectivity index (χ4n) is 4.51. The van der Waals surface area contributed by atoms with E-state index in [2.05, 4.69) is 44.9 Å². The number of methoxy groups -OCH3 is 1. The summed E-state index contributed by atoms with van der Waals surface area (Å²) in [6, 6.07) is 14.2. The van der Waals surface area contributed by atoms with E-state index in [1.54, 1.807) is 13.4 Å². The number of nitrogens with zero attached hydrogens (tertiary/aromatic N) is 5. The Morgan fingerprint density at radius 3 is 2.61 bits per heavy atom. The standard InChI is InChI=1S/C24H24ClN5O/c1-16-14-29(15-26-16)20-10-5-17(13-21(20)31-3)22-27-28-23-24(2,11-4-12-30(22)23)18-6-8-19(25)9-7-18/h5-10,13-15H,4,11-12H2,1-3H3. The van der Waals surface area contributed by atoms with E-state index in [0.29, 0.717) is 0 Å². The Bertz CT molecular complexity index is 1240. The van der Waals surface area contributed by atoms with E-state index in [9.17, 15) is 0 Å². The molecule has 0 spiro atoms. The number of hydrogen-bond acceptors (Lipinski definition) is 4. The second-order valence-corrected chi connectivity index (χ2v) is 8.69. The molecule has 0 bridgehead atoms. The summed E-state index contributed by atoms with van der Waals surface area (Å²) in [7, 11) is 1.68. The predicted octanol–water partition coefficient (Wildman–Crippen LogP) is 5.20. The minimum absolute atomic E-state index is 0.202. The van der Waals surface area contributed by atoms with Crippen molar-refractivity contribution in [2.24, 2.45) is 0 Å². The number of halogens is 1. The molecule has 0 saturated heterocycles. The first-order valence-electron chi connectivity index (χ1n) is 10.4. The van der Waals surface area contributed by atoms with Crippen molar-refractivity contribution >= 4 is 11.6 Å². The number of aromatic nitrogens is 5. The van der Waals surface area contributed by atoms with E-state index in [0.717, 1.165) is 58.8 Å². The summed E-state index contributed by atoms with van der Waals surface area (Å²) in [5, 5.41) is 9.99. The first kappa shape index (κ1) is 19.8. The van der Waals surface area contributed by atoms with E-state index in [-0.39, 0.29) is 5.41 Å². The topological polar surface area (TPSA) is 57.8 Å². The summed E-state index contributed by atoms with van der Waals surface area (Å²) in [5.74, 6) is 2.62. The normalized spacial score (nSPS) is 18.1. The van der Waals surface area contributed by atoms with Crippen LogP contribution in [0.5, 0.6) is 5.75 Å². The van der Waals surface area contributed by atoms with Crippen LogP contribution in [0.2, 0.25) is 5.02 Å². The fourth-order valence-corrected chi connectivity index (χ4v) is 4.64. The summed E-state index contributed by atoms with van der Waals surface area (Å²) in [6.45, 7) is 5.11. The molecule has 3 heterocycles. The number of aryl methyl sites for hydroxylation is 1. The lowest BCUT2D eigenvalue weighted by atomic mass is 9.76. The van der Waals surface area contributed by atoms with Crippen LogP contribution in [0.25, 0.3) is 17.1 Å². The summed E-state index contributed by atoms with van der Waals surface area (Å²) < 4.78 is 9.91. The third kappa shape index (κ3) is 3.31. The van der Waals surface area contributed by atoms with Crippen LogP contribution < -0.4 is 4.74 Å². The minimum Gasteiger partial charge on any atom is -0.495 e. The van der Waals surface area contributed by atoms with Gasteiger partial charge in [-0.1, -0.05) is 23.7 Å². The third-order valence-corrected chi connectivity index (χ3v) is 6.46. The Balaban J connectivity index is 1.57. The lowest BCUT2D eigenvalue weighted by Gasteiger charge is -2.34. The molecule has 0 radical (unpaired) electrons. The maximum Gasteiger partial charge on any atom is 0.164 e. The Morgan fingerprint density at radius 1 is 1.10 bits per heavy atom. The maximum absolute atomic E-state index is 6.12. The SMILES string of the molecule is COc1cc(-c2nnc3n2CCCC3(C)c2ccc(Cl)cc2)ccc1-n1cnc(C)c1. The predicted molar refractivity (Wildman–Crippen MR) is 121 cm³/mol. The highest BCUT2D eigenvalue weighted by atomic mass is 35.5. The van der Waals surface area contributed by atoms with Crippen molar-refractivity contribution in [3.63, 3.8) is 0 Å². The van der Waals surface area contributed by atoms with Crippen molar-refractivity contribution in [1.82, 2.24) is 24.3 Å². The van der Waals surface area contributed by atoms with Crippen molar-refractivity contribution < 1.29 is 4.74 Å². The second-order valence-electron chi connectivity index (χ2n) is 8.25. The van der Waals surface area contributed by atoms with E-state index in [1.165, 1.54) is 5.56 Å². The summed E-state index contributed by atoms with van der Waals surface area (Å²) in [6.07, 6.45) is 5.85. The lowest BCUT2D eigenvalue weighted by Crippen LogP contribution is -2.32. The Kier molecular flexibility index (Phi) is 4.82. The smallest absolute Gasteiger partial charge is 0.164 e. The molecule has 158 valence electrons. The zero-order valence-corrected chi connectivity index (χ0v) is 18.6. The molecule has 1 atom stereocenters. The Labute approximate surface area is 186 Å². The number of imidazole rings is 1. The number of fused-ring (bicyclic) bond motifs is 1. The van der Waals surface area contributed by atoms with Gasteiger partial charge in [0.15, 0.2) is 5.82 Å². The lowest BCUT2D eigenvalue weighted by molar-refractivity contribution is 0.378. The van der Waals surface area contributed by atoms with Crippen molar-refractivity contribution in [3.8, 4) is 22.8 Å². The van der Waals surface area contributed by atoms with Gasteiger partial charge >= 0.3 is 0 Å². The Hall–Kier alpha value is -3.12. The molecule has 1 aliphatic rings. The Morgan fingerprint density at radius 2 is 1.90 bits per heavy atom. The van der Waals surface area contributed by atoms with Crippen molar-refractivity contribution in [2.75, 3.05) is 7.11 Å². The maximum atomic E-state index is 6.12. The van der Waals surface area contributed by atoms with E-state index >= 15 is 0 Å². The van der Waals surface area contributed by atoms with Crippen LogP contribution in [0.3, 0.4) is 0 Å². The summed E-state index contributed by atoms with van der Waals surface area (Å²) >= 11 is 6.12. The summed E-state index contributed by atoms with van der Waals surface area (Å²) in [5.41, 5.74) is 3.89. The van der Waals surface area contributed by atoms with Crippen LogP contribution in [0.4, 0.5) is 0 Å². The van der Waals surface area contributed by atoms with Crippen LogP contribution in [0, 0.1) is 6.92 Å². The van der Waals surface area contributed by atoms with Gasteiger partial charge in [0.2, 0.25) is 0 Å². The van der Waals surface area contributed by atoms with Gasteiger partial charge in [0.25, 0.3) is 0 Å². The number of hydrogen-bond donors (Lipinski definition) is 0. The van der Waals surface area contributed by atoms with E-state index in [4.69, 9.17) is 16.3 Å². The van der Waals surface area contributed by atoms with Gasteiger partial charge in [0, 0.05) is 23.3 Å². The quantitative estimate of drug-likeness (QED) is 0.443. The molecule has 31 heavy (non-hydrogen) atoms. The third-order valence-electron chi connectivity index (χ3n) is 6.21. The molecule has 0 aliphatic carbocycles. The van der Waals surface area contributed by atoms with Gasteiger partial charge in [-0.05, 0) is 62.6 Å². The highest BCUT2D eigenvalue weighted by Crippen LogP contribution is 2.41. The first-order chi connectivity index (χ1) is 15.0. The van der Waals surface area contributed by atoms with Crippen molar-refractivity contribution in [2.45, 2.75) is 38.6 Å². The number of rotatable bonds is 4. The molecule has 4 aromatic rings. The van der Waals surface area contributed by atoms with Gasteiger partial charge in [-0.2, -0.15) is 0 Å². The molecular formula is C24H24ClN5O. The van der Waals surface area contributed by atoms with E-state index < -0.39 is 0 Å². The van der Waals surface area contributed by atoms with Gasteiger partial charge in [-0.3, -0.25) is 0 Å². The van der Waals surface area contributed by atoms with Crippen LogP contribution in [0.15, 0.2) is 55.0 Å². The van der Waals surface area contributed by atoms with Crippen molar-refractivity contribution in [1.29, 1.82) is 0 Å². The zero-order valence-electron chi connectivity index (χ0n) is 17.8. The largest absolute Gasteiger partial charge is 0.495 e. The molecule has 2 aromatic heterocycles. The number of ether oxygens (including phenoxy) is 1. The second kappa shape index (κ2) is 7.54. The molecule has 0 amide bonds. The molecule has 0 saturated carbocycles. The van der Waals surface area contributed by atoms with Crippen LogP contribution in [-0.4, -0.2) is 31.4 Å². The van der Waals surface area contributed by atoms with Crippen LogP contribution in [-0.2, 0) is 12.0 Å². The van der Waals surface area contributed by atoms with Gasteiger partial charge in [-0.25, -0.2) is 4.98 Å². The average Bonchev–Trinajstić information content (AvgIpc) is 3.41. The number of benzene rings is 2. The molecule has 5 rings (SSSR count). The van der Waals surface area contributed by atoms with Gasteiger partial charge in [0.1, 0.15) is 11.6 Å². The van der Waals surface area contributed by atoms with Crippen LogP contribution >= 0.6 is 11.6 Å². The highest BCUT2D eigenvalue weighted by Gasteiger charge is 2.38. The molecule has 0 N–H and O–H groups in total. The monoisotopic (exact) mass is 433 g/mol. The van der Waals surface area contributed by atoms with Gasteiger partial charge in [-0.15, -0.1) is 10.2 Å². The molecule has 7 heteroatoms. The minimum atomic E-state index is -0.202. The molecule has 1 aliphatic heterocycles. The molecule has 6 nitrogen and oxygen atoms in total. The fraction of sp³-hybridized carbons (Fsp3) is 0.292. The first-order valence-corrected chi connectivity index (χ1v) is 10.8. The summed E-state index contributed by atoms with van der Waals surface area (Å²) in [4.78, 5) is 4.32. The molecule has 1 unspecified atom stereocenters. The average molecular weight is 434 g/mol.